The van der Waals surface area contributed by atoms with Crippen molar-refractivity contribution in [2.24, 2.45) is 0 Å². The standard InChI is InChI=1S/C17H24Cl2O3/c1-4-5-6-7-8-12(2)21-17(20)13(3)22-16-10-9-14(18)11-15(16)19/h9-13H,4-8H2,1-3H3. The van der Waals surface area contributed by atoms with E-state index in [4.69, 9.17) is 32.7 Å². The van der Waals surface area contributed by atoms with Crippen LogP contribution in [0.15, 0.2) is 18.2 Å². The average molecular weight is 347 g/mol. The van der Waals surface area contributed by atoms with Crippen LogP contribution in [0.5, 0.6) is 5.75 Å². The summed E-state index contributed by atoms with van der Waals surface area (Å²) in [5.74, 6) is 0.0418. The van der Waals surface area contributed by atoms with E-state index in [2.05, 4.69) is 6.92 Å². The van der Waals surface area contributed by atoms with E-state index < -0.39 is 6.10 Å². The summed E-state index contributed by atoms with van der Waals surface area (Å²) in [4.78, 5) is 12.0. The van der Waals surface area contributed by atoms with Crippen molar-refractivity contribution in [1.29, 1.82) is 0 Å². The van der Waals surface area contributed by atoms with Crippen LogP contribution in [0.4, 0.5) is 0 Å². The molecule has 1 aromatic carbocycles. The van der Waals surface area contributed by atoms with Gasteiger partial charge in [0.2, 0.25) is 0 Å². The van der Waals surface area contributed by atoms with Crippen molar-refractivity contribution >= 4 is 29.2 Å². The summed E-state index contributed by atoms with van der Waals surface area (Å²) >= 11 is 11.8. The van der Waals surface area contributed by atoms with Crippen molar-refractivity contribution in [2.75, 3.05) is 0 Å². The maximum absolute atomic E-state index is 12.0. The monoisotopic (exact) mass is 346 g/mol. The third kappa shape index (κ3) is 6.89. The smallest absolute Gasteiger partial charge is 0.347 e. The molecule has 0 saturated heterocycles. The summed E-state index contributed by atoms with van der Waals surface area (Å²) in [5, 5.41) is 0.896. The number of hydrogen-bond acceptors (Lipinski definition) is 3. The Morgan fingerprint density at radius 2 is 1.91 bits per heavy atom. The van der Waals surface area contributed by atoms with E-state index in [9.17, 15) is 4.79 Å². The molecule has 1 rings (SSSR count). The van der Waals surface area contributed by atoms with E-state index >= 15 is 0 Å². The fourth-order valence-corrected chi connectivity index (χ4v) is 2.47. The number of esters is 1. The maximum Gasteiger partial charge on any atom is 0.347 e. The molecule has 22 heavy (non-hydrogen) atoms. The molecule has 0 heterocycles. The van der Waals surface area contributed by atoms with E-state index in [0.29, 0.717) is 15.8 Å². The first kappa shape index (κ1) is 19.1. The van der Waals surface area contributed by atoms with Crippen molar-refractivity contribution in [3.63, 3.8) is 0 Å². The number of benzene rings is 1. The SMILES string of the molecule is CCCCCCC(C)OC(=O)C(C)Oc1ccc(Cl)cc1Cl. The summed E-state index contributed by atoms with van der Waals surface area (Å²) in [6, 6.07) is 4.88. The molecule has 2 atom stereocenters. The largest absolute Gasteiger partial charge is 0.477 e. The molecule has 0 N–H and O–H groups in total. The molecule has 0 aliphatic rings. The van der Waals surface area contributed by atoms with Crippen molar-refractivity contribution in [2.45, 2.75) is 65.1 Å². The highest BCUT2D eigenvalue weighted by molar-refractivity contribution is 6.35. The lowest BCUT2D eigenvalue weighted by atomic mass is 10.1. The maximum atomic E-state index is 12.0. The molecule has 3 nitrogen and oxygen atoms in total. The fraction of sp³-hybridized carbons (Fsp3) is 0.588. The molecule has 2 unspecified atom stereocenters. The molecule has 124 valence electrons. The molecule has 5 heteroatoms. The zero-order chi connectivity index (χ0) is 16.5. The van der Waals surface area contributed by atoms with Gasteiger partial charge >= 0.3 is 5.97 Å². The Balaban J connectivity index is 2.41. The van der Waals surface area contributed by atoms with Gasteiger partial charge in [0.25, 0.3) is 0 Å². The summed E-state index contributed by atoms with van der Waals surface area (Å²) in [6.07, 6.45) is 4.72. The highest BCUT2D eigenvalue weighted by atomic mass is 35.5. The second-order valence-corrected chi connectivity index (χ2v) is 6.28. The first-order chi connectivity index (χ1) is 10.4. The van der Waals surface area contributed by atoms with Gasteiger partial charge in [0.1, 0.15) is 5.75 Å². The Kier molecular flexibility index (Phi) is 8.66. The average Bonchev–Trinajstić information content (AvgIpc) is 2.46. The molecule has 0 radical (unpaired) electrons. The Labute approximate surface area is 142 Å². The van der Waals surface area contributed by atoms with Gasteiger partial charge in [0, 0.05) is 5.02 Å². The van der Waals surface area contributed by atoms with Gasteiger partial charge < -0.3 is 9.47 Å². The predicted molar refractivity (Wildman–Crippen MR) is 90.9 cm³/mol. The second-order valence-electron chi connectivity index (χ2n) is 5.43. The zero-order valence-corrected chi connectivity index (χ0v) is 14.9. The molecule has 0 fully saturated rings. The van der Waals surface area contributed by atoms with Crippen LogP contribution in [0.3, 0.4) is 0 Å². The Morgan fingerprint density at radius 1 is 1.18 bits per heavy atom. The third-order valence-corrected chi connectivity index (χ3v) is 3.84. The van der Waals surface area contributed by atoms with Crippen LogP contribution in [0.25, 0.3) is 0 Å². The van der Waals surface area contributed by atoms with E-state index in [1.165, 1.54) is 19.3 Å². The van der Waals surface area contributed by atoms with Gasteiger partial charge in [-0.05, 0) is 44.9 Å². The van der Waals surface area contributed by atoms with Gasteiger partial charge in [0.15, 0.2) is 6.10 Å². The summed E-state index contributed by atoms with van der Waals surface area (Å²) in [5.41, 5.74) is 0. The Morgan fingerprint density at radius 3 is 2.55 bits per heavy atom. The molecule has 0 spiro atoms. The molecular weight excluding hydrogens is 323 g/mol. The van der Waals surface area contributed by atoms with Crippen molar-refractivity contribution in [3.8, 4) is 5.75 Å². The minimum Gasteiger partial charge on any atom is -0.477 e. The highest BCUT2D eigenvalue weighted by Gasteiger charge is 2.20. The molecule has 0 saturated carbocycles. The molecular formula is C17H24Cl2O3. The van der Waals surface area contributed by atoms with Gasteiger partial charge in [-0.2, -0.15) is 0 Å². The van der Waals surface area contributed by atoms with E-state index in [-0.39, 0.29) is 12.1 Å². The van der Waals surface area contributed by atoms with Gasteiger partial charge in [-0.15, -0.1) is 0 Å². The molecule has 0 aliphatic carbocycles. The zero-order valence-electron chi connectivity index (χ0n) is 13.4. The first-order valence-corrected chi connectivity index (χ1v) is 8.51. The van der Waals surface area contributed by atoms with E-state index in [0.717, 1.165) is 12.8 Å². The predicted octanol–water partition coefficient (Wildman–Crippen LogP) is 5.66. The van der Waals surface area contributed by atoms with Gasteiger partial charge in [-0.25, -0.2) is 4.79 Å². The van der Waals surface area contributed by atoms with Crippen LogP contribution in [-0.4, -0.2) is 18.2 Å². The van der Waals surface area contributed by atoms with Crippen LogP contribution < -0.4 is 4.74 Å². The van der Waals surface area contributed by atoms with E-state index in [1.807, 2.05) is 6.92 Å². The molecule has 0 aromatic heterocycles. The highest BCUT2D eigenvalue weighted by Crippen LogP contribution is 2.28. The number of unbranched alkanes of at least 4 members (excludes halogenated alkanes) is 3. The van der Waals surface area contributed by atoms with Gasteiger partial charge in [0.05, 0.1) is 11.1 Å². The lowest BCUT2D eigenvalue weighted by Crippen LogP contribution is -2.29. The topological polar surface area (TPSA) is 35.5 Å². The number of carbonyl (C=O) groups is 1. The molecule has 0 amide bonds. The molecule has 0 aliphatic heterocycles. The Bertz CT molecular complexity index is 477. The van der Waals surface area contributed by atoms with Crippen molar-refractivity contribution in [1.82, 2.24) is 0 Å². The number of halogens is 2. The first-order valence-electron chi connectivity index (χ1n) is 7.76. The molecule has 1 aromatic rings. The normalized spacial score (nSPS) is 13.5. The van der Waals surface area contributed by atoms with Gasteiger partial charge in [-0.1, -0.05) is 49.4 Å². The fourth-order valence-electron chi connectivity index (χ4n) is 2.02. The lowest BCUT2D eigenvalue weighted by molar-refractivity contribution is -0.156. The number of carbonyl (C=O) groups excluding carboxylic acids is 1. The number of ether oxygens (including phenoxy) is 2. The Hall–Kier alpha value is -0.930. The second kappa shape index (κ2) is 9.96. The minimum atomic E-state index is -0.711. The van der Waals surface area contributed by atoms with Crippen LogP contribution in [-0.2, 0) is 9.53 Å². The number of hydrogen-bond donors (Lipinski definition) is 0. The van der Waals surface area contributed by atoms with Crippen molar-refractivity contribution < 1.29 is 14.3 Å². The minimum absolute atomic E-state index is 0.101. The van der Waals surface area contributed by atoms with Gasteiger partial charge in [-0.3, -0.25) is 0 Å². The quantitative estimate of drug-likeness (QED) is 0.427. The summed E-state index contributed by atoms with van der Waals surface area (Å²) in [7, 11) is 0. The van der Waals surface area contributed by atoms with Crippen LogP contribution in [0.2, 0.25) is 10.0 Å². The summed E-state index contributed by atoms with van der Waals surface area (Å²) < 4.78 is 10.9. The van der Waals surface area contributed by atoms with Crippen LogP contribution in [0, 0.1) is 0 Å². The van der Waals surface area contributed by atoms with Crippen LogP contribution in [0.1, 0.15) is 52.9 Å². The third-order valence-electron chi connectivity index (χ3n) is 3.31. The summed E-state index contributed by atoms with van der Waals surface area (Å²) in [6.45, 7) is 5.73. The van der Waals surface area contributed by atoms with E-state index in [1.54, 1.807) is 25.1 Å². The molecule has 0 bridgehead atoms. The van der Waals surface area contributed by atoms with Crippen LogP contribution >= 0.6 is 23.2 Å². The van der Waals surface area contributed by atoms with Crippen molar-refractivity contribution in [3.05, 3.63) is 28.2 Å². The number of rotatable bonds is 9. The lowest BCUT2D eigenvalue weighted by Gasteiger charge is -2.18.